The number of sulfone groups is 1. The molecule has 20 heavy (non-hydrogen) atoms. The fraction of sp³-hybridized carbons (Fsp3) is 0.250. The van der Waals surface area contributed by atoms with E-state index >= 15 is 0 Å². The number of hydrogen-bond donors (Lipinski definition) is 1. The van der Waals surface area contributed by atoms with Crippen LogP contribution in [0.1, 0.15) is 23.1 Å². The maximum atomic E-state index is 12.4. The van der Waals surface area contributed by atoms with E-state index in [-0.39, 0.29) is 5.75 Å². The van der Waals surface area contributed by atoms with Crippen LogP contribution in [0.15, 0.2) is 47.4 Å². The van der Waals surface area contributed by atoms with Crippen molar-refractivity contribution in [1.29, 1.82) is 0 Å². The van der Waals surface area contributed by atoms with Crippen LogP contribution < -0.4 is 5.73 Å². The van der Waals surface area contributed by atoms with Gasteiger partial charge in [0.1, 0.15) is 0 Å². The maximum absolute atomic E-state index is 12.4. The molecule has 0 saturated carbocycles. The number of hydrogen-bond acceptors (Lipinski definition) is 3. The van der Waals surface area contributed by atoms with E-state index in [4.69, 9.17) is 5.73 Å². The smallest absolute Gasteiger partial charge is 0.182 e. The molecule has 3 rings (SSSR count). The van der Waals surface area contributed by atoms with Gasteiger partial charge in [0.25, 0.3) is 0 Å². The van der Waals surface area contributed by atoms with Gasteiger partial charge in [0.15, 0.2) is 9.84 Å². The summed E-state index contributed by atoms with van der Waals surface area (Å²) in [6, 6.07) is 12.4. The van der Waals surface area contributed by atoms with Gasteiger partial charge in [-0.15, -0.1) is 0 Å². The summed E-state index contributed by atoms with van der Waals surface area (Å²) >= 11 is 0. The first kappa shape index (κ1) is 13.2. The van der Waals surface area contributed by atoms with Crippen molar-refractivity contribution in [1.82, 2.24) is 0 Å². The highest BCUT2D eigenvalue weighted by Crippen LogP contribution is 2.25. The molecule has 104 valence electrons. The van der Waals surface area contributed by atoms with Crippen LogP contribution in [0.4, 0.5) is 5.69 Å². The number of benzene rings is 2. The van der Waals surface area contributed by atoms with E-state index in [0.717, 1.165) is 18.4 Å². The predicted octanol–water partition coefficient (Wildman–Crippen LogP) is 2.73. The minimum atomic E-state index is -3.30. The molecule has 0 aromatic heterocycles. The Bertz CT molecular complexity index is 734. The Morgan fingerprint density at radius 1 is 0.950 bits per heavy atom. The molecule has 2 N–H and O–H groups in total. The summed E-state index contributed by atoms with van der Waals surface area (Å²) in [7, 11) is -3.30. The zero-order chi connectivity index (χ0) is 14.2. The normalized spacial score (nSPS) is 14.2. The van der Waals surface area contributed by atoms with Crippen LogP contribution in [0.3, 0.4) is 0 Å². The SMILES string of the molecule is Nc1ccc(S(=O)(=O)Cc2ccc3c(c2)CCC3)cc1. The van der Waals surface area contributed by atoms with E-state index in [1.54, 1.807) is 24.3 Å². The minimum absolute atomic E-state index is 0.0458. The van der Waals surface area contributed by atoms with E-state index in [1.165, 1.54) is 17.5 Å². The molecule has 0 amide bonds. The highest BCUT2D eigenvalue weighted by atomic mass is 32.2. The Kier molecular flexibility index (Phi) is 3.26. The van der Waals surface area contributed by atoms with Crippen molar-refractivity contribution in [2.45, 2.75) is 29.9 Å². The summed E-state index contributed by atoms with van der Waals surface area (Å²) in [5, 5.41) is 0. The van der Waals surface area contributed by atoms with Crippen LogP contribution in [0.5, 0.6) is 0 Å². The molecule has 0 radical (unpaired) electrons. The quantitative estimate of drug-likeness (QED) is 0.883. The minimum Gasteiger partial charge on any atom is -0.399 e. The molecule has 0 bridgehead atoms. The van der Waals surface area contributed by atoms with Crippen molar-refractivity contribution in [2.24, 2.45) is 0 Å². The second-order valence-electron chi connectivity index (χ2n) is 5.28. The molecular formula is C16H17NO2S. The Balaban J connectivity index is 1.88. The Hall–Kier alpha value is -1.81. The van der Waals surface area contributed by atoms with E-state index in [0.29, 0.717) is 10.6 Å². The molecule has 2 aromatic carbocycles. The van der Waals surface area contributed by atoms with Gasteiger partial charge in [-0.3, -0.25) is 0 Å². The zero-order valence-electron chi connectivity index (χ0n) is 11.2. The molecule has 3 nitrogen and oxygen atoms in total. The molecule has 0 saturated heterocycles. The molecule has 0 fully saturated rings. The fourth-order valence-electron chi connectivity index (χ4n) is 2.69. The van der Waals surface area contributed by atoms with Crippen molar-refractivity contribution in [2.75, 3.05) is 5.73 Å². The second-order valence-corrected chi connectivity index (χ2v) is 7.27. The van der Waals surface area contributed by atoms with Crippen LogP contribution in [0.25, 0.3) is 0 Å². The lowest BCUT2D eigenvalue weighted by atomic mass is 10.1. The first-order chi connectivity index (χ1) is 9.54. The Morgan fingerprint density at radius 3 is 2.40 bits per heavy atom. The fourth-order valence-corrected chi connectivity index (χ4v) is 4.03. The molecule has 1 aliphatic rings. The van der Waals surface area contributed by atoms with E-state index < -0.39 is 9.84 Å². The molecule has 0 unspecified atom stereocenters. The van der Waals surface area contributed by atoms with Gasteiger partial charge >= 0.3 is 0 Å². The standard InChI is InChI=1S/C16H17NO2S/c17-15-6-8-16(9-7-15)20(18,19)11-12-4-5-13-2-1-3-14(13)10-12/h4-10H,1-3,11,17H2. The van der Waals surface area contributed by atoms with Crippen molar-refractivity contribution >= 4 is 15.5 Å². The lowest BCUT2D eigenvalue weighted by molar-refractivity contribution is 0.595. The molecule has 0 spiro atoms. The largest absolute Gasteiger partial charge is 0.399 e. The highest BCUT2D eigenvalue weighted by molar-refractivity contribution is 7.90. The third kappa shape index (κ3) is 2.56. The van der Waals surface area contributed by atoms with Gasteiger partial charge in [-0.1, -0.05) is 18.2 Å². The molecule has 1 aliphatic carbocycles. The molecular weight excluding hydrogens is 270 g/mol. The zero-order valence-corrected chi connectivity index (χ0v) is 12.0. The highest BCUT2D eigenvalue weighted by Gasteiger charge is 2.17. The summed E-state index contributed by atoms with van der Waals surface area (Å²) in [4.78, 5) is 0.326. The van der Waals surface area contributed by atoms with Gasteiger partial charge < -0.3 is 5.73 Å². The molecule has 2 aromatic rings. The van der Waals surface area contributed by atoms with Gasteiger partial charge in [0.2, 0.25) is 0 Å². The van der Waals surface area contributed by atoms with Gasteiger partial charge in [0, 0.05) is 5.69 Å². The third-order valence-corrected chi connectivity index (χ3v) is 5.46. The van der Waals surface area contributed by atoms with Crippen LogP contribution in [-0.4, -0.2) is 8.42 Å². The lowest BCUT2D eigenvalue weighted by Gasteiger charge is -2.07. The summed E-state index contributed by atoms with van der Waals surface area (Å²) in [6.07, 6.45) is 3.34. The summed E-state index contributed by atoms with van der Waals surface area (Å²) in [5.74, 6) is 0.0458. The first-order valence-electron chi connectivity index (χ1n) is 6.73. The summed E-state index contributed by atoms with van der Waals surface area (Å²) in [6.45, 7) is 0. The summed E-state index contributed by atoms with van der Waals surface area (Å²) < 4.78 is 24.7. The molecule has 0 atom stereocenters. The van der Waals surface area contributed by atoms with Crippen LogP contribution in [-0.2, 0) is 28.4 Å². The monoisotopic (exact) mass is 287 g/mol. The number of anilines is 1. The Morgan fingerprint density at radius 2 is 1.65 bits per heavy atom. The van der Waals surface area contributed by atoms with Crippen LogP contribution >= 0.6 is 0 Å². The van der Waals surface area contributed by atoms with E-state index in [1.807, 2.05) is 12.1 Å². The Labute approximate surface area is 119 Å². The summed E-state index contributed by atoms with van der Waals surface area (Å²) in [5.41, 5.74) is 9.68. The van der Waals surface area contributed by atoms with Crippen LogP contribution in [0.2, 0.25) is 0 Å². The number of fused-ring (bicyclic) bond motifs is 1. The number of nitrogens with two attached hydrogens (primary N) is 1. The lowest BCUT2D eigenvalue weighted by Crippen LogP contribution is -2.05. The molecule has 0 heterocycles. The van der Waals surface area contributed by atoms with Gasteiger partial charge in [-0.2, -0.15) is 0 Å². The topological polar surface area (TPSA) is 60.2 Å². The number of aryl methyl sites for hydroxylation is 2. The van der Waals surface area contributed by atoms with Crippen molar-refractivity contribution < 1.29 is 8.42 Å². The average molecular weight is 287 g/mol. The van der Waals surface area contributed by atoms with E-state index in [2.05, 4.69) is 6.07 Å². The van der Waals surface area contributed by atoms with Gasteiger partial charge in [-0.25, -0.2) is 8.42 Å². The third-order valence-electron chi connectivity index (χ3n) is 3.76. The first-order valence-corrected chi connectivity index (χ1v) is 8.39. The van der Waals surface area contributed by atoms with Gasteiger partial charge in [-0.05, 0) is 60.2 Å². The molecule has 4 heteroatoms. The average Bonchev–Trinajstić information content (AvgIpc) is 2.86. The number of nitrogen functional groups attached to an aromatic ring is 1. The molecule has 0 aliphatic heterocycles. The van der Waals surface area contributed by atoms with Crippen molar-refractivity contribution in [3.8, 4) is 0 Å². The second kappa shape index (κ2) is 4.94. The van der Waals surface area contributed by atoms with Crippen molar-refractivity contribution in [3.05, 3.63) is 59.2 Å². The maximum Gasteiger partial charge on any atom is 0.182 e. The number of rotatable bonds is 3. The predicted molar refractivity (Wildman–Crippen MR) is 80.2 cm³/mol. The van der Waals surface area contributed by atoms with Gasteiger partial charge in [0.05, 0.1) is 10.6 Å². The van der Waals surface area contributed by atoms with E-state index in [9.17, 15) is 8.42 Å². The van der Waals surface area contributed by atoms with Crippen LogP contribution in [0, 0.1) is 0 Å². The van der Waals surface area contributed by atoms with Crippen molar-refractivity contribution in [3.63, 3.8) is 0 Å².